The van der Waals surface area contributed by atoms with E-state index < -0.39 is 0 Å². The zero-order valence-corrected chi connectivity index (χ0v) is 9.06. The van der Waals surface area contributed by atoms with Crippen molar-refractivity contribution >= 4 is 15.9 Å². The summed E-state index contributed by atoms with van der Waals surface area (Å²) in [5, 5.41) is 0. The fourth-order valence-corrected chi connectivity index (χ4v) is 1.72. The lowest BCUT2D eigenvalue weighted by atomic mass is 9.97. The minimum atomic E-state index is 0.552. The van der Waals surface area contributed by atoms with Gasteiger partial charge in [-0.2, -0.15) is 0 Å². The molecule has 0 aliphatic rings. The molecule has 0 aliphatic heterocycles. The first-order valence-corrected chi connectivity index (χ1v) is 4.93. The van der Waals surface area contributed by atoms with Gasteiger partial charge in [0.1, 0.15) is 0 Å². The van der Waals surface area contributed by atoms with Gasteiger partial charge in [0, 0.05) is 11.0 Å². The summed E-state index contributed by atoms with van der Waals surface area (Å²) in [6.07, 6.45) is 0. The summed E-state index contributed by atoms with van der Waals surface area (Å²) in [7, 11) is 0. The highest BCUT2D eigenvalue weighted by atomic mass is 79.9. The molecule has 0 fully saturated rings. The van der Waals surface area contributed by atoms with Crippen LogP contribution in [0, 0.1) is 0 Å². The first-order valence-electron chi connectivity index (χ1n) is 4.13. The maximum absolute atomic E-state index is 5.64. The number of hydrogen-bond donors (Lipinski definition) is 1. The number of halogens is 1. The van der Waals surface area contributed by atoms with Gasteiger partial charge in [0.15, 0.2) is 0 Å². The Balaban J connectivity index is 3.11. The van der Waals surface area contributed by atoms with E-state index in [9.17, 15) is 0 Å². The van der Waals surface area contributed by atoms with Gasteiger partial charge in [-0.1, -0.05) is 35.8 Å². The van der Waals surface area contributed by atoms with E-state index in [0.717, 1.165) is 4.47 Å². The van der Waals surface area contributed by atoms with Crippen LogP contribution >= 0.6 is 15.9 Å². The van der Waals surface area contributed by atoms with Gasteiger partial charge in [0.05, 0.1) is 0 Å². The van der Waals surface area contributed by atoms with E-state index in [-0.39, 0.29) is 0 Å². The predicted molar refractivity (Wildman–Crippen MR) is 56.1 cm³/mol. The van der Waals surface area contributed by atoms with Crippen LogP contribution in [-0.4, -0.2) is 0 Å². The van der Waals surface area contributed by atoms with Crippen LogP contribution in [0.2, 0.25) is 0 Å². The van der Waals surface area contributed by atoms with Crippen molar-refractivity contribution in [1.29, 1.82) is 0 Å². The van der Waals surface area contributed by atoms with Crippen LogP contribution in [0.4, 0.5) is 0 Å². The lowest BCUT2D eigenvalue weighted by Crippen LogP contribution is -2.02. The first kappa shape index (κ1) is 9.75. The standard InChI is InChI=1S/C10H14BrN/c1-7(2)10-4-3-9(11)5-8(10)6-12/h3-5,7H,6,12H2,1-2H3. The van der Waals surface area contributed by atoms with Gasteiger partial charge < -0.3 is 5.73 Å². The van der Waals surface area contributed by atoms with Crippen molar-refractivity contribution in [3.05, 3.63) is 33.8 Å². The summed E-state index contributed by atoms with van der Waals surface area (Å²) >= 11 is 3.43. The highest BCUT2D eigenvalue weighted by Crippen LogP contribution is 2.22. The van der Waals surface area contributed by atoms with E-state index in [1.54, 1.807) is 0 Å². The number of benzene rings is 1. The zero-order valence-electron chi connectivity index (χ0n) is 7.47. The summed E-state index contributed by atoms with van der Waals surface area (Å²) in [4.78, 5) is 0. The smallest absolute Gasteiger partial charge is 0.0181 e. The minimum absolute atomic E-state index is 0.552. The van der Waals surface area contributed by atoms with Crippen LogP contribution in [0.3, 0.4) is 0 Å². The topological polar surface area (TPSA) is 26.0 Å². The van der Waals surface area contributed by atoms with Crippen molar-refractivity contribution in [3.8, 4) is 0 Å². The largest absolute Gasteiger partial charge is 0.326 e. The molecular formula is C10H14BrN. The molecule has 1 aromatic rings. The SMILES string of the molecule is CC(C)c1ccc(Br)cc1CN. The fourth-order valence-electron chi connectivity index (χ4n) is 1.31. The van der Waals surface area contributed by atoms with E-state index in [2.05, 4.69) is 48.0 Å². The third kappa shape index (κ3) is 2.08. The molecule has 1 nitrogen and oxygen atoms in total. The number of hydrogen-bond acceptors (Lipinski definition) is 1. The molecule has 0 saturated heterocycles. The highest BCUT2D eigenvalue weighted by Gasteiger charge is 2.04. The van der Waals surface area contributed by atoms with Gasteiger partial charge in [-0.05, 0) is 29.2 Å². The van der Waals surface area contributed by atoms with Gasteiger partial charge in [0.25, 0.3) is 0 Å². The average Bonchev–Trinajstić information content (AvgIpc) is 2.03. The Labute approximate surface area is 82.1 Å². The van der Waals surface area contributed by atoms with Crippen molar-refractivity contribution in [2.75, 3.05) is 0 Å². The molecule has 0 amide bonds. The van der Waals surface area contributed by atoms with Crippen molar-refractivity contribution < 1.29 is 0 Å². The van der Waals surface area contributed by atoms with Crippen LogP contribution in [0.5, 0.6) is 0 Å². The Morgan fingerprint density at radius 3 is 2.58 bits per heavy atom. The number of nitrogens with two attached hydrogens (primary N) is 1. The highest BCUT2D eigenvalue weighted by molar-refractivity contribution is 9.10. The molecule has 2 heteroatoms. The van der Waals surface area contributed by atoms with Crippen LogP contribution in [-0.2, 0) is 6.54 Å². The molecule has 12 heavy (non-hydrogen) atoms. The third-order valence-corrected chi connectivity index (χ3v) is 2.44. The molecule has 66 valence electrons. The summed E-state index contributed by atoms with van der Waals surface area (Å²) in [6.45, 7) is 4.98. The Morgan fingerprint density at radius 1 is 1.42 bits per heavy atom. The molecule has 0 radical (unpaired) electrons. The molecule has 0 unspecified atom stereocenters. The second-order valence-corrected chi connectivity index (χ2v) is 4.12. The molecule has 1 aromatic carbocycles. The van der Waals surface area contributed by atoms with E-state index in [1.165, 1.54) is 11.1 Å². The Morgan fingerprint density at radius 2 is 2.08 bits per heavy atom. The molecule has 0 atom stereocenters. The lowest BCUT2D eigenvalue weighted by molar-refractivity contribution is 0.839. The van der Waals surface area contributed by atoms with Crippen molar-refractivity contribution in [3.63, 3.8) is 0 Å². The summed E-state index contributed by atoms with van der Waals surface area (Å²) < 4.78 is 1.10. The van der Waals surface area contributed by atoms with Gasteiger partial charge in [-0.3, -0.25) is 0 Å². The van der Waals surface area contributed by atoms with Crippen LogP contribution in [0.15, 0.2) is 22.7 Å². The second kappa shape index (κ2) is 4.06. The van der Waals surface area contributed by atoms with Gasteiger partial charge in [-0.15, -0.1) is 0 Å². The maximum atomic E-state index is 5.64. The average molecular weight is 228 g/mol. The summed E-state index contributed by atoms with van der Waals surface area (Å²) in [5.74, 6) is 0.552. The number of rotatable bonds is 2. The minimum Gasteiger partial charge on any atom is -0.326 e. The predicted octanol–water partition coefficient (Wildman–Crippen LogP) is 3.03. The van der Waals surface area contributed by atoms with E-state index in [1.807, 2.05) is 0 Å². The van der Waals surface area contributed by atoms with E-state index >= 15 is 0 Å². The molecule has 0 bridgehead atoms. The van der Waals surface area contributed by atoms with Crippen molar-refractivity contribution in [2.45, 2.75) is 26.3 Å². The normalized spacial score (nSPS) is 10.8. The molecule has 1 rings (SSSR count). The van der Waals surface area contributed by atoms with Gasteiger partial charge in [0.2, 0.25) is 0 Å². The van der Waals surface area contributed by atoms with Crippen LogP contribution in [0.25, 0.3) is 0 Å². The fraction of sp³-hybridized carbons (Fsp3) is 0.400. The molecule has 2 N–H and O–H groups in total. The molecular weight excluding hydrogens is 214 g/mol. The second-order valence-electron chi connectivity index (χ2n) is 3.20. The van der Waals surface area contributed by atoms with Crippen LogP contribution in [0.1, 0.15) is 30.9 Å². The Hall–Kier alpha value is -0.340. The monoisotopic (exact) mass is 227 g/mol. The Bertz CT molecular complexity index is 269. The third-order valence-electron chi connectivity index (χ3n) is 1.95. The molecule has 0 spiro atoms. The quantitative estimate of drug-likeness (QED) is 0.827. The summed E-state index contributed by atoms with van der Waals surface area (Å²) in [6, 6.07) is 6.29. The van der Waals surface area contributed by atoms with Gasteiger partial charge in [-0.25, -0.2) is 0 Å². The summed E-state index contributed by atoms with van der Waals surface area (Å²) in [5.41, 5.74) is 8.22. The maximum Gasteiger partial charge on any atom is 0.0181 e. The van der Waals surface area contributed by atoms with E-state index in [4.69, 9.17) is 5.73 Å². The van der Waals surface area contributed by atoms with Gasteiger partial charge >= 0.3 is 0 Å². The molecule has 0 aliphatic carbocycles. The molecule has 0 aromatic heterocycles. The van der Waals surface area contributed by atoms with Crippen LogP contribution < -0.4 is 5.73 Å². The van der Waals surface area contributed by atoms with Crippen molar-refractivity contribution in [1.82, 2.24) is 0 Å². The lowest BCUT2D eigenvalue weighted by Gasteiger charge is -2.11. The zero-order chi connectivity index (χ0) is 9.14. The first-order chi connectivity index (χ1) is 5.65. The molecule has 0 saturated carbocycles. The van der Waals surface area contributed by atoms with Crippen molar-refractivity contribution in [2.24, 2.45) is 5.73 Å². The molecule has 0 heterocycles. The van der Waals surface area contributed by atoms with E-state index in [0.29, 0.717) is 12.5 Å². The Kier molecular flexibility index (Phi) is 3.29.